The number of carbonyl (C=O) groups is 3. The molecule has 11 heteroatoms. The van der Waals surface area contributed by atoms with E-state index in [2.05, 4.69) is 9.69 Å². The highest BCUT2D eigenvalue weighted by molar-refractivity contribution is 7.09. The molecule has 1 saturated heterocycles. The number of aromatic nitrogens is 1. The highest BCUT2D eigenvalue weighted by atomic mass is 32.1. The Labute approximate surface area is 228 Å². The summed E-state index contributed by atoms with van der Waals surface area (Å²) in [4.78, 5) is 41.4. The number of nitrogens with zero attached hydrogens (tertiary/aromatic N) is 2. The molecule has 39 heavy (non-hydrogen) atoms. The van der Waals surface area contributed by atoms with Gasteiger partial charge in [0.15, 0.2) is 5.69 Å². The van der Waals surface area contributed by atoms with Crippen molar-refractivity contribution in [1.29, 1.82) is 0 Å². The van der Waals surface area contributed by atoms with E-state index in [1.54, 1.807) is 24.3 Å². The van der Waals surface area contributed by atoms with Gasteiger partial charge in [0.25, 0.3) is 11.8 Å². The van der Waals surface area contributed by atoms with Gasteiger partial charge in [-0.05, 0) is 53.5 Å². The molecule has 0 bridgehead atoms. The molecule has 0 unspecified atom stereocenters. The molecule has 1 aromatic heterocycles. The fourth-order valence-corrected chi connectivity index (χ4v) is 5.46. The number of hydrogen-bond donors (Lipinski definition) is 4. The Morgan fingerprint density at radius 1 is 1.10 bits per heavy atom. The number of aromatic hydroxyl groups is 1. The van der Waals surface area contributed by atoms with Crippen molar-refractivity contribution in [2.24, 2.45) is 5.73 Å². The predicted molar refractivity (Wildman–Crippen MR) is 149 cm³/mol. The first-order chi connectivity index (χ1) is 18.8. The van der Waals surface area contributed by atoms with E-state index in [1.165, 1.54) is 17.0 Å². The molecule has 2 heterocycles. The van der Waals surface area contributed by atoms with E-state index in [1.807, 2.05) is 30.3 Å². The van der Waals surface area contributed by atoms with E-state index in [0.29, 0.717) is 17.9 Å². The summed E-state index contributed by atoms with van der Waals surface area (Å²) in [6.45, 7) is 0.912. The summed E-state index contributed by atoms with van der Waals surface area (Å²) in [6.07, 6.45) is 1.62. The van der Waals surface area contributed by atoms with Gasteiger partial charge in [-0.15, -0.1) is 0 Å². The fraction of sp³-hybridized carbons (Fsp3) is 0.214. The Morgan fingerprint density at radius 2 is 1.85 bits per heavy atom. The van der Waals surface area contributed by atoms with Gasteiger partial charge in [0.05, 0.1) is 17.5 Å². The number of nitrogens with one attached hydrogen (secondary N) is 1. The Bertz CT molecular complexity index is 1530. The number of ether oxygens (including phenoxy) is 1. The second-order valence-corrected chi connectivity index (χ2v) is 9.96. The molecule has 1 aliphatic heterocycles. The molecule has 0 saturated carbocycles. The quantitative estimate of drug-likeness (QED) is 0.264. The maximum Gasteiger partial charge on any atom is 0.273 e. The molecule has 200 valence electrons. The molecule has 10 nitrogen and oxygen atoms in total. The second-order valence-electron chi connectivity index (χ2n) is 9.19. The minimum Gasteiger partial charge on any atom is -0.508 e. The zero-order chi connectivity index (χ0) is 27.5. The predicted octanol–water partition coefficient (Wildman–Crippen LogP) is 3.37. The lowest BCUT2D eigenvalue weighted by Crippen LogP contribution is -2.45. The van der Waals surface area contributed by atoms with Gasteiger partial charge in [-0.2, -0.15) is 4.37 Å². The fourth-order valence-electron chi connectivity index (χ4n) is 4.71. The van der Waals surface area contributed by atoms with Gasteiger partial charge in [0, 0.05) is 18.5 Å². The van der Waals surface area contributed by atoms with Crippen LogP contribution in [-0.4, -0.2) is 46.5 Å². The van der Waals surface area contributed by atoms with Crippen molar-refractivity contribution in [3.05, 3.63) is 82.9 Å². The summed E-state index contributed by atoms with van der Waals surface area (Å²) in [7, 11) is 0. The van der Waals surface area contributed by atoms with Gasteiger partial charge < -0.3 is 26.6 Å². The number of carbonyl (C=O) groups excluding carboxylic acids is 3. The first kappa shape index (κ1) is 26.1. The van der Waals surface area contributed by atoms with E-state index in [0.717, 1.165) is 35.1 Å². The van der Waals surface area contributed by atoms with Gasteiger partial charge in [-0.3, -0.25) is 19.3 Å². The number of nitrogens with two attached hydrogens (primary N) is 2. The smallest absolute Gasteiger partial charge is 0.273 e. The Balaban J connectivity index is 1.67. The molecule has 3 aromatic carbocycles. The molecular weight excluding hydrogens is 518 g/mol. The third-order valence-corrected chi connectivity index (χ3v) is 7.49. The normalized spacial score (nSPS) is 15.6. The van der Waals surface area contributed by atoms with Crippen LogP contribution in [0.5, 0.6) is 5.75 Å². The number of fused-ring (bicyclic) bond motifs is 1. The topological polar surface area (TPSA) is 161 Å². The SMILES string of the molecule is NC(=O)c1nsc(C(=O)N(c2cccc3ccccc23)[C@@H](C(=O)NC[C@@H]2CCCO2)c2ccc(O)cc2)c1N. The summed E-state index contributed by atoms with van der Waals surface area (Å²) in [5.74, 6) is -1.92. The lowest BCUT2D eigenvalue weighted by atomic mass is 10.00. The molecule has 1 aliphatic rings. The summed E-state index contributed by atoms with van der Waals surface area (Å²) >= 11 is 0.743. The van der Waals surface area contributed by atoms with Crippen molar-refractivity contribution in [2.45, 2.75) is 25.0 Å². The third kappa shape index (κ3) is 5.27. The van der Waals surface area contributed by atoms with Crippen LogP contribution in [0.4, 0.5) is 11.4 Å². The van der Waals surface area contributed by atoms with Gasteiger partial charge in [-0.25, -0.2) is 0 Å². The van der Waals surface area contributed by atoms with Crippen molar-refractivity contribution in [1.82, 2.24) is 9.69 Å². The molecule has 2 atom stereocenters. The van der Waals surface area contributed by atoms with Gasteiger partial charge >= 0.3 is 0 Å². The Morgan fingerprint density at radius 3 is 2.54 bits per heavy atom. The van der Waals surface area contributed by atoms with Gasteiger partial charge in [-0.1, -0.05) is 48.5 Å². The summed E-state index contributed by atoms with van der Waals surface area (Å²) in [5.41, 5.74) is 12.1. The molecule has 3 amide bonds. The van der Waals surface area contributed by atoms with Crippen molar-refractivity contribution in [3.63, 3.8) is 0 Å². The first-order valence-corrected chi connectivity index (χ1v) is 13.2. The number of phenols is 1. The first-order valence-electron chi connectivity index (χ1n) is 12.4. The van der Waals surface area contributed by atoms with E-state index in [4.69, 9.17) is 16.2 Å². The van der Waals surface area contributed by atoms with Crippen molar-refractivity contribution >= 4 is 51.4 Å². The number of phenolic OH excluding ortho intramolecular Hbond substituents is 1. The average molecular weight is 546 g/mol. The van der Waals surface area contributed by atoms with Crippen LogP contribution < -0.4 is 21.7 Å². The molecule has 4 aromatic rings. The van der Waals surface area contributed by atoms with Crippen LogP contribution in [0, 0.1) is 0 Å². The van der Waals surface area contributed by atoms with Crippen molar-refractivity contribution in [3.8, 4) is 5.75 Å². The van der Waals surface area contributed by atoms with Crippen LogP contribution in [0.15, 0.2) is 66.7 Å². The molecule has 1 fully saturated rings. The zero-order valence-corrected chi connectivity index (χ0v) is 21.7. The average Bonchev–Trinajstić information content (AvgIpc) is 3.60. The van der Waals surface area contributed by atoms with Crippen LogP contribution >= 0.6 is 11.5 Å². The number of rotatable bonds is 8. The van der Waals surface area contributed by atoms with Gasteiger partial charge in [0.2, 0.25) is 5.91 Å². The second kappa shape index (κ2) is 11.1. The standard InChI is InChI=1S/C28H27N5O5S/c29-22-23(26(30)35)32-39-25(22)28(37)33(21-9-3-6-16-5-1-2-8-20(16)21)24(17-10-12-18(34)13-11-17)27(36)31-15-19-7-4-14-38-19/h1-3,5-6,8-13,19,24,34H,4,7,14-15,29H2,(H2,30,35)(H,31,36)/t19-,24+/m0/s1. The number of benzene rings is 3. The molecule has 0 spiro atoms. The van der Waals surface area contributed by atoms with Crippen molar-refractivity contribution < 1.29 is 24.2 Å². The monoisotopic (exact) mass is 545 g/mol. The lowest BCUT2D eigenvalue weighted by Gasteiger charge is -2.32. The number of amides is 3. The Kier molecular flexibility index (Phi) is 7.44. The van der Waals surface area contributed by atoms with E-state index in [-0.39, 0.29) is 34.7 Å². The highest BCUT2D eigenvalue weighted by Crippen LogP contribution is 2.37. The van der Waals surface area contributed by atoms with Crippen LogP contribution in [0.1, 0.15) is 44.6 Å². The van der Waals surface area contributed by atoms with Crippen LogP contribution in [0.25, 0.3) is 10.8 Å². The maximum atomic E-state index is 14.3. The zero-order valence-electron chi connectivity index (χ0n) is 20.9. The van der Waals surface area contributed by atoms with Crippen LogP contribution in [-0.2, 0) is 9.53 Å². The largest absolute Gasteiger partial charge is 0.508 e. The maximum absolute atomic E-state index is 14.3. The molecule has 5 rings (SSSR count). The minimum absolute atomic E-state index is 0.0121. The lowest BCUT2D eigenvalue weighted by molar-refractivity contribution is -0.123. The van der Waals surface area contributed by atoms with Crippen molar-refractivity contribution in [2.75, 3.05) is 23.8 Å². The molecule has 0 aliphatic carbocycles. The van der Waals surface area contributed by atoms with E-state index in [9.17, 15) is 19.5 Å². The van der Waals surface area contributed by atoms with Crippen LogP contribution in [0.2, 0.25) is 0 Å². The van der Waals surface area contributed by atoms with Gasteiger partial charge in [0.1, 0.15) is 16.7 Å². The molecule has 0 radical (unpaired) electrons. The van der Waals surface area contributed by atoms with E-state index >= 15 is 0 Å². The highest BCUT2D eigenvalue weighted by Gasteiger charge is 2.37. The Hall–Kier alpha value is -4.48. The number of nitrogen functional groups attached to an aromatic ring is 1. The number of anilines is 2. The number of primary amides is 1. The third-order valence-electron chi connectivity index (χ3n) is 6.64. The summed E-state index contributed by atoms with van der Waals surface area (Å²) < 4.78 is 9.67. The minimum atomic E-state index is -1.16. The van der Waals surface area contributed by atoms with E-state index < -0.39 is 23.8 Å². The summed E-state index contributed by atoms with van der Waals surface area (Å²) in [5, 5.41) is 14.5. The number of hydrogen-bond acceptors (Lipinski definition) is 8. The molecular formula is C28H27N5O5S. The molecule has 6 N–H and O–H groups in total. The van der Waals surface area contributed by atoms with Crippen LogP contribution in [0.3, 0.4) is 0 Å². The summed E-state index contributed by atoms with van der Waals surface area (Å²) in [6, 6.07) is 17.8.